The number of nitrogens with zero attached hydrogens (tertiary/aromatic N) is 5. The van der Waals surface area contributed by atoms with Crippen LogP contribution in [0.15, 0.2) is 53.4 Å². The molecule has 164 valence electrons. The summed E-state index contributed by atoms with van der Waals surface area (Å²) >= 11 is 0. The number of amides is 1. The Morgan fingerprint density at radius 2 is 2.22 bits per heavy atom. The minimum atomic E-state index is -0.0827. The van der Waals surface area contributed by atoms with Gasteiger partial charge >= 0.3 is 0 Å². The summed E-state index contributed by atoms with van der Waals surface area (Å²) in [4.78, 5) is 24.8. The van der Waals surface area contributed by atoms with Crippen LogP contribution in [0.3, 0.4) is 0 Å². The van der Waals surface area contributed by atoms with Crippen molar-refractivity contribution in [2.24, 2.45) is 7.05 Å². The Hall–Kier alpha value is -3.52. The van der Waals surface area contributed by atoms with Crippen molar-refractivity contribution in [3.8, 4) is 11.5 Å². The number of fused-ring (bicyclic) bond motifs is 1. The van der Waals surface area contributed by atoms with Crippen molar-refractivity contribution in [2.45, 2.75) is 32.4 Å². The second-order valence-electron chi connectivity index (χ2n) is 8.12. The van der Waals surface area contributed by atoms with E-state index in [1.807, 2.05) is 49.2 Å². The Bertz CT molecular complexity index is 1230. The van der Waals surface area contributed by atoms with Gasteiger partial charge < -0.3 is 14.1 Å². The highest BCUT2D eigenvalue weighted by Crippen LogP contribution is 2.29. The number of ether oxygens (including phenoxy) is 1. The maximum atomic E-state index is 14.0. The van der Waals surface area contributed by atoms with Gasteiger partial charge in [0.2, 0.25) is 0 Å². The molecule has 0 N–H and O–H groups in total. The van der Waals surface area contributed by atoms with E-state index in [1.165, 1.54) is 0 Å². The van der Waals surface area contributed by atoms with Crippen LogP contribution in [0.5, 0.6) is 0 Å². The number of carbonyl (C=O) groups excluding carboxylic acids is 1. The minimum Gasteiger partial charge on any atom is -0.463 e. The molecule has 0 saturated carbocycles. The van der Waals surface area contributed by atoms with Crippen molar-refractivity contribution >= 4 is 16.9 Å². The van der Waals surface area contributed by atoms with Gasteiger partial charge in [-0.3, -0.25) is 14.5 Å². The summed E-state index contributed by atoms with van der Waals surface area (Å²) in [6, 6.07) is 9.32. The van der Waals surface area contributed by atoms with E-state index in [1.54, 1.807) is 23.3 Å². The predicted octanol–water partition coefficient (Wildman–Crippen LogP) is 3.75. The summed E-state index contributed by atoms with van der Waals surface area (Å²) in [6.07, 6.45) is 7.13. The van der Waals surface area contributed by atoms with E-state index < -0.39 is 0 Å². The summed E-state index contributed by atoms with van der Waals surface area (Å²) in [5.74, 6) is 0.526. The molecule has 0 radical (unpaired) electrons. The molecule has 0 bridgehead atoms. The highest BCUT2D eigenvalue weighted by molar-refractivity contribution is 6.07. The van der Waals surface area contributed by atoms with Crippen molar-refractivity contribution in [3.05, 3.63) is 65.8 Å². The molecule has 5 heterocycles. The molecule has 0 aromatic carbocycles. The van der Waals surface area contributed by atoms with Crippen molar-refractivity contribution in [2.75, 3.05) is 13.2 Å². The van der Waals surface area contributed by atoms with Crippen molar-refractivity contribution in [1.29, 1.82) is 0 Å². The van der Waals surface area contributed by atoms with E-state index in [-0.39, 0.29) is 12.0 Å². The lowest BCUT2D eigenvalue weighted by Crippen LogP contribution is -2.37. The topological polar surface area (TPSA) is 86.3 Å². The zero-order chi connectivity index (χ0) is 22.1. The van der Waals surface area contributed by atoms with Crippen molar-refractivity contribution < 1.29 is 13.9 Å². The number of hydrogen-bond acceptors (Lipinski definition) is 6. The molecule has 32 heavy (non-hydrogen) atoms. The fraction of sp³-hybridized carbons (Fsp3) is 0.333. The van der Waals surface area contributed by atoms with Crippen LogP contribution in [-0.2, 0) is 18.3 Å². The number of carbonyl (C=O) groups is 1. The third-order valence-corrected chi connectivity index (χ3v) is 5.80. The summed E-state index contributed by atoms with van der Waals surface area (Å²) in [6.45, 7) is 3.61. The fourth-order valence-corrected chi connectivity index (χ4v) is 4.30. The van der Waals surface area contributed by atoms with Crippen molar-refractivity contribution in [3.63, 3.8) is 0 Å². The molecule has 8 heteroatoms. The molecule has 1 atom stereocenters. The molecule has 0 spiro atoms. The molecular formula is C24H25N5O3. The molecule has 1 unspecified atom stereocenters. The summed E-state index contributed by atoms with van der Waals surface area (Å²) in [5.41, 5.74) is 3.56. The zero-order valence-electron chi connectivity index (χ0n) is 18.2. The van der Waals surface area contributed by atoms with Gasteiger partial charge in [0.15, 0.2) is 11.4 Å². The lowest BCUT2D eigenvalue weighted by molar-refractivity contribution is 0.0508. The molecule has 1 amide bonds. The van der Waals surface area contributed by atoms with Crippen LogP contribution in [0.4, 0.5) is 0 Å². The van der Waals surface area contributed by atoms with Gasteiger partial charge in [-0.15, -0.1) is 0 Å². The molecule has 1 saturated heterocycles. The summed E-state index contributed by atoms with van der Waals surface area (Å²) in [5, 5.41) is 5.28. The van der Waals surface area contributed by atoms with Gasteiger partial charge in [-0.25, -0.2) is 4.98 Å². The number of furan rings is 1. The van der Waals surface area contributed by atoms with Gasteiger partial charge in [0, 0.05) is 39.1 Å². The Morgan fingerprint density at radius 3 is 2.94 bits per heavy atom. The van der Waals surface area contributed by atoms with Gasteiger partial charge in [-0.05, 0) is 49.6 Å². The lowest BCUT2D eigenvalue weighted by atomic mass is 10.1. The van der Waals surface area contributed by atoms with Crippen LogP contribution in [0.25, 0.3) is 22.5 Å². The van der Waals surface area contributed by atoms with Gasteiger partial charge in [0.1, 0.15) is 5.69 Å². The minimum absolute atomic E-state index is 0.0347. The normalized spacial score (nSPS) is 16.0. The first-order chi connectivity index (χ1) is 15.6. The molecule has 4 aromatic rings. The molecule has 1 aliphatic rings. The van der Waals surface area contributed by atoms with Crippen LogP contribution >= 0.6 is 0 Å². The van der Waals surface area contributed by atoms with Gasteiger partial charge in [-0.1, -0.05) is 6.07 Å². The molecule has 4 aromatic heterocycles. The number of aromatic nitrogens is 4. The van der Waals surface area contributed by atoms with Gasteiger partial charge in [0.25, 0.3) is 5.91 Å². The maximum Gasteiger partial charge on any atom is 0.255 e. The second kappa shape index (κ2) is 8.55. The fourth-order valence-electron chi connectivity index (χ4n) is 4.30. The zero-order valence-corrected chi connectivity index (χ0v) is 18.2. The van der Waals surface area contributed by atoms with Crippen LogP contribution in [0, 0.1) is 6.92 Å². The second-order valence-corrected chi connectivity index (χ2v) is 8.12. The summed E-state index contributed by atoms with van der Waals surface area (Å²) in [7, 11) is 1.84. The van der Waals surface area contributed by atoms with Crippen LogP contribution in [-0.4, -0.2) is 49.8 Å². The van der Waals surface area contributed by atoms with Crippen LogP contribution in [0.1, 0.15) is 34.5 Å². The van der Waals surface area contributed by atoms with Crippen LogP contribution < -0.4 is 0 Å². The first kappa shape index (κ1) is 20.4. The number of aryl methyl sites for hydroxylation is 2. The lowest BCUT2D eigenvalue weighted by Gasteiger charge is -2.26. The van der Waals surface area contributed by atoms with E-state index in [2.05, 4.69) is 10.1 Å². The Kier molecular flexibility index (Phi) is 5.45. The van der Waals surface area contributed by atoms with E-state index >= 15 is 0 Å². The van der Waals surface area contributed by atoms with Gasteiger partial charge in [-0.2, -0.15) is 5.10 Å². The number of pyridine rings is 2. The molecule has 0 aliphatic carbocycles. The maximum absolute atomic E-state index is 14.0. The first-order valence-electron chi connectivity index (χ1n) is 10.8. The van der Waals surface area contributed by atoms with E-state index in [0.29, 0.717) is 35.8 Å². The third kappa shape index (κ3) is 3.89. The standard InChI is InChI=1S/C24H25N5O3/c1-16-22-19(12-20(21-8-5-11-32-21)26-23(22)28(2)27-16)24(30)29(15-18-7-4-10-31-18)14-17-6-3-9-25-13-17/h3,5-6,8-9,11-13,18H,4,7,10,14-15H2,1-2H3. The van der Waals surface area contributed by atoms with Crippen LogP contribution in [0.2, 0.25) is 0 Å². The van der Waals surface area contributed by atoms with E-state index in [9.17, 15) is 4.79 Å². The molecular weight excluding hydrogens is 406 g/mol. The van der Waals surface area contributed by atoms with Gasteiger partial charge in [0.05, 0.1) is 29.0 Å². The average molecular weight is 431 g/mol. The SMILES string of the molecule is Cc1nn(C)c2nc(-c3ccco3)cc(C(=O)N(Cc3cccnc3)CC3CCCO3)c12. The smallest absolute Gasteiger partial charge is 0.255 e. The highest BCUT2D eigenvalue weighted by atomic mass is 16.5. The number of hydrogen-bond donors (Lipinski definition) is 0. The quantitative estimate of drug-likeness (QED) is 0.462. The molecule has 5 rings (SSSR count). The monoisotopic (exact) mass is 431 g/mol. The molecule has 1 aliphatic heterocycles. The van der Waals surface area contributed by atoms with Crippen molar-refractivity contribution in [1.82, 2.24) is 24.6 Å². The summed E-state index contributed by atoms with van der Waals surface area (Å²) < 4.78 is 13.1. The largest absolute Gasteiger partial charge is 0.463 e. The molecule has 1 fully saturated rings. The average Bonchev–Trinajstić information content (AvgIpc) is 3.56. The van der Waals surface area contributed by atoms with E-state index in [4.69, 9.17) is 14.1 Å². The third-order valence-electron chi connectivity index (χ3n) is 5.80. The Balaban J connectivity index is 1.59. The number of rotatable bonds is 6. The van der Waals surface area contributed by atoms with E-state index in [0.717, 1.165) is 36.1 Å². The highest BCUT2D eigenvalue weighted by Gasteiger charge is 2.27. The predicted molar refractivity (Wildman–Crippen MR) is 119 cm³/mol. The first-order valence-corrected chi connectivity index (χ1v) is 10.8. The Labute approximate surface area is 185 Å². The molecule has 8 nitrogen and oxygen atoms in total. The Morgan fingerprint density at radius 1 is 1.31 bits per heavy atom.